The van der Waals surface area contributed by atoms with Gasteiger partial charge >= 0.3 is 0 Å². The van der Waals surface area contributed by atoms with Crippen molar-refractivity contribution < 1.29 is 4.79 Å². The summed E-state index contributed by atoms with van der Waals surface area (Å²) in [5.74, 6) is 0.125. The molecule has 1 aromatic heterocycles. The van der Waals surface area contributed by atoms with Gasteiger partial charge in [0, 0.05) is 12.6 Å². The molecule has 0 aliphatic carbocycles. The average Bonchev–Trinajstić information content (AvgIpc) is 2.55. The van der Waals surface area contributed by atoms with E-state index in [0.717, 1.165) is 0 Å². The Morgan fingerprint density at radius 2 is 2.31 bits per heavy atom. The highest BCUT2D eigenvalue weighted by molar-refractivity contribution is 5.94. The number of Topliss-reactive ketones (excluding diaryl/α,β-unsaturated/α-hetero) is 1. The van der Waals surface area contributed by atoms with Crippen LogP contribution in [0.25, 0.3) is 0 Å². The summed E-state index contributed by atoms with van der Waals surface area (Å²) in [7, 11) is 0. The molecule has 13 heavy (non-hydrogen) atoms. The number of nitrogens with one attached hydrogen (secondary N) is 1. The molecule has 0 saturated heterocycles. The van der Waals surface area contributed by atoms with Crippen molar-refractivity contribution in [1.29, 1.82) is 0 Å². The van der Waals surface area contributed by atoms with E-state index in [9.17, 15) is 4.79 Å². The van der Waals surface area contributed by atoms with Crippen molar-refractivity contribution >= 4 is 5.78 Å². The summed E-state index contributed by atoms with van der Waals surface area (Å²) in [6, 6.07) is 3.61. The fourth-order valence-electron chi connectivity index (χ4n) is 1.11. The molecule has 3 N–H and O–H groups in total. The van der Waals surface area contributed by atoms with E-state index in [1.54, 1.807) is 12.3 Å². The van der Waals surface area contributed by atoms with Crippen molar-refractivity contribution in [2.24, 2.45) is 11.1 Å². The Morgan fingerprint density at radius 3 is 2.77 bits per heavy atom. The van der Waals surface area contributed by atoms with Gasteiger partial charge in [0.15, 0.2) is 5.78 Å². The Kier molecular flexibility index (Phi) is 2.88. The maximum atomic E-state index is 11.6. The molecule has 1 aromatic rings. The molecule has 0 saturated carbocycles. The molecule has 0 amide bonds. The van der Waals surface area contributed by atoms with Gasteiger partial charge in [0.05, 0.1) is 5.69 Å². The molecule has 3 nitrogen and oxygen atoms in total. The highest BCUT2D eigenvalue weighted by Crippen LogP contribution is 2.20. The number of rotatable bonds is 4. The molecule has 3 heteroatoms. The lowest BCUT2D eigenvalue weighted by molar-refractivity contribution is 0.0930. The van der Waals surface area contributed by atoms with Crippen molar-refractivity contribution in [3.05, 3.63) is 24.0 Å². The Labute approximate surface area is 78.3 Å². The summed E-state index contributed by atoms with van der Waals surface area (Å²) >= 11 is 0. The van der Waals surface area contributed by atoms with Gasteiger partial charge in [0.2, 0.25) is 0 Å². The maximum Gasteiger partial charge on any atom is 0.179 e. The third-order valence-electron chi connectivity index (χ3n) is 2.09. The largest absolute Gasteiger partial charge is 0.359 e. The lowest BCUT2D eigenvalue weighted by atomic mass is 9.87. The number of H-pyrrole nitrogens is 1. The quantitative estimate of drug-likeness (QED) is 0.691. The van der Waals surface area contributed by atoms with Crippen LogP contribution in [-0.2, 0) is 0 Å². The molecular formula is C10H16N2O. The molecule has 72 valence electrons. The fourth-order valence-corrected chi connectivity index (χ4v) is 1.11. The number of ketones is 1. The van der Waals surface area contributed by atoms with Gasteiger partial charge in [-0.2, -0.15) is 0 Å². The molecule has 0 bridgehead atoms. The minimum Gasteiger partial charge on any atom is -0.359 e. The SMILES string of the molecule is CC(C)(CN)CC(=O)c1ccc[nH]1. The second kappa shape index (κ2) is 3.75. The normalized spacial score (nSPS) is 11.6. The van der Waals surface area contributed by atoms with Crippen LogP contribution in [0, 0.1) is 5.41 Å². The van der Waals surface area contributed by atoms with Gasteiger partial charge in [-0.15, -0.1) is 0 Å². The van der Waals surface area contributed by atoms with Crippen LogP contribution in [0.15, 0.2) is 18.3 Å². The zero-order valence-corrected chi connectivity index (χ0v) is 8.13. The second-order valence-electron chi connectivity index (χ2n) is 4.05. The third-order valence-corrected chi connectivity index (χ3v) is 2.09. The molecule has 1 rings (SSSR count). The van der Waals surface area contributed by atoms with Gasteiger partial charge in [0.1, 0.15) is 0 Å². The minimum absolute atomic E-state index is 0.109. The number of aromatic nitrogens is 1. The summed E-state index contributed by atoms with van der Waals surface area (Å²) in [4.78, 5) is 14.5. The highest BCUT2D eigenvalue weighted by atomic mass is 16.1. The van der Waals surface area contributed by atoms with Crippen molar-refractivity contribution in [1.82, 2.24) is 4.98 Å². The summed E-state index contributed by atoms with van der Waals surface area (Å²) in [5.41, 5.74) is 6.10. The highest BCUT2D eigenvalue weighted by Gasteiger charge is 2.21. The molecule has 0 radical (unpaired) electrons. The third kappa shape index (κ3) is 2.70. The number of nitrogens with two attached hydrogens (primary N) is 1. The number of aromatic amines is 1. The van der Waals surface area contributed by atoms with Crippen molar-refractivity contribution in [2.45, 2.75) is 20.3 Å². The van der Waals surface area contributed by atoms with Gasteiger partial charge in [-0.1, -0.05) is 13.8 Å². The molecular weight excluding hydrogens is 164 g/mol. The number of hydrogen-bond donors (Lipinski definition) is 2. The fraction of sp³-hybridized carbons (Fsp3) is 0.500. The lowest BCUT2D eigenvalue weighted by Crippen LogP contribution is -2.26. The van der Waals surface area contributed by atoms with E-state index in [0.29, 0.717) is 18.7 Å². The molecule has 1 heterocycles. The van der Waals surface area contributed by atoms with Crippen molar-refractivity contribution in [3.8, 4) is 0 Å². The van der Waals surface area contributed by atoms with E-state index in [2.05, 4.69) is 4.98 Å². The van der Waals surface area contributed by atoms with Crippen molar-refractivity contribution in [2.75, 3.05) is 6.54 Å². The van der Waals surface area contributed by atoms with Gasteiger partial charge < -0.3 is 10.7 Å². The summed E-state index contributed by atoms with van der Waals surface area (Å²) in [6.45, 7) is 4.52. The van der Waals surface area contributed by atoms with Gasteiger partial charge in [0.25, 0.3) is 0 Å². The number of carbonyl (C=O) groups is 1. The Balaban J connectivity index is 2.61. The van der Waals surface area contributed by atoms with Gasteiger partial charge in [-0.3, -0.25) is 4.79 Å². The second-order valence-corrected chi connectivity index (χ2v) is 4.05. The Bertz CT molecular complexity index is 275. The van der Waals surface area contributed by atoms with Gasteiger partial charge in [-0.25, -0.2) is 0 Å². The predicted octanol–water partition coefficient (Wildman–Crippen LogP) is 1.57. The van der Waals surface area contributed by atoms with Crippen LogP contribution >= 0.6 is 0 Å². The van der Waals surface area contributed by atoms with Crippen LogP contribution in [0.5, 0.6) is 0 Å². The molecule has 0 unspecified atom stereocenters. The lowest BCUT2D eigenvalue weighted by Gasteiger charge is -2.20. The smallest absolute Gasteiger partial charge is 0.179 e. The molecule has 0 aliphatic rings. The first-order chi connectivity index (χ1) is 6.05. The Hall–Kier alpha value is -1.09. The minimum atomic E-state index is -0.109. The van der Waals surface area contributed by atoms with Crippen molar-refractivity contribution in [3.63, 3.8) is 0 Å². The standard InChI is InChI=1S/C10H16N2O/c1-10(2,7-11)6-9(13)8-4-3-5-12-8/h3-5,12H,6-7,11H2,1-2H3. The predicted molar refractivity (Wildman–Crippen MR) is 52.6 cm³/mol. The van der Waals surface area contributed by atoms with E-state index < -0.39 is 0 Å². The van der Waals surface area contributed by atoms with Crippen LogP contribution in [0.4, 0.5) is 0 Å². The first-order valence-electron chi connectivity index (χ1n) is 4.42. The number of carbonyl (C=O) groups excluding carboxylic acids is 1. The van der Waals surface area contributed by atoms with Crippen LogP contribution < -0.4 is 5.73 Å². The van der Waals surface area contributed by atoms with E-state index in [1.165, 1.54) is 0 Å². The zero-order valence-electron chi connectivity index (χ0n) is 8.13. The monoisotopic (exact) mass is 180 g/mol. The first kappa shape index (κ1) is 9.99. The van der Waals surface area contributed by atoms with Crippen LogP contribution in [0.3, 0.4) is 0 Å². The zero-order chi connectivity index (χ0) is 9.90. The molecule has 0 aliphatic heterocycles. The van der Waals surface area contributed by atoms with E-state index in [1.807, 2.05) is 19.9 Å². The molecule has 0 aromatic carbocycles. The summed E-state index contributed by atoms with van der Waals surface area (Å²) < 4.78 is 0. The summed E-state index contributed by atoms with van der Waals surface area (Å²) in [5, 5.41) is 0. The topological polar surface area (TPSA) is 58.9 Å². The van der Waals surface area contributed by atoms with Crippen LogP contribution in [-0.4, -0.2) is 17.3 Å². The van der Waals surface area contributed by atoms with E-state index >= 15 is 0 Å². The van der Waals surface area contributed by atoms with E-state index in [-0.39, 0.29) is 11.2 Å². The molecule has 0 atom stereocenters. The summed E-state index contributed by atoms with van der Waals surface area (Å²) in [6.07, 6.45) is 2.24. The number of hydrogen-bond acceptors (Lipinski definition) is 2. The maximum absolute atomic E-state index is 11.6. The molecule has 0 fully saturated rings. The molecule has 0 spiro atoms. The van der Waals surface area contributed by atoms with Crippen LogP contribution in [0.2, 0.25) is 0 Å². The van der Waals surface area contributed by atoms with Gasteiger partial charge in [-0.05, 0) is 24.1 Å². The van der Waals surface area contributed by atoms with E-state index in [4.69, 9.17) is 5.73 Å². The Morgan fingerprint density at radius 1 is 1.62 bits per heavy atom. The first-order valence-corrected chi connectivity index (χ1v) is 4.42. The average molecular weight is 180 g/mol. The van der Waals surface area contributed by atoms with Crippen LogP contribution in [0.1, 0.15) is 30.8 Å².